The minimum absolute atomic E-state index is 0.0177. The van der Waals surface area contributed by atoms with Crippen LogP contribution in [0.2, 0.25) is 5.02 Å². The first-order valence-electron chi connectivity index (χ1n) is 5.33. The van der Waals surface area contributed by atoms with E-state index in [-0.39, 0.29) is 5.69 Å². The molecule has 0 aliphatic rings. The molecule has 1 aromatic carbocycles. The smallest absolute Gasteiger partial charge is 0.271 e. The minimum Gasteiger partial charge on any atom is -0.384 e. The molecule has 5 heteroatoms. The standard InChI is InChI=1S/C11H15ClN2O2/c1-2-3-4-7-13-11-6-5-9(14(15)16)8-10(11)12/h5-6,8,13H,2-4,7H2,1H3. The zero-order valence-electron chi connectivity index (χ0n) is 9.20. The molecule has 1 rings (SSSR count). The van der Waals surface area contributed by atoms with E-state index in [4.69, 9.17) is 11.6 Å². The number of unbranched alkanes of at least 4 members (excludes halogenated alkanes) is 2. The van der Waals surface area contributed by atoms with Crippen LogP contribution in [0, 0.1) is 10.1 Å². The molecule has 16 heavy (non-hydrogen) atoms. The van der Waals surface area contributed by atoms with E-state index >= 15 is 0 Å². The molecule has 0 spiro atoms. The number of nitrogens with zero attached hydrogens (tertiary/aromatic N) is 1. The summed E-state index contributed by atoms with van der Waals surface area (Å²) in [6, 6.07) is 4.46. The van der Waals surface area contributed by atoms with E-state index in [1.807, 2.05) is 0 Å². The highest BCUT2D eigenvalue weighted by molar-refractivity contribution is 6.33. The topological polar surface area (TPSA) is 55.2 Å². The number of nitrogens with one attached hydrogen (secondary N) is 1. The molecule has 0 atom stereocenters. The Bertz CT molecular complexity index is 369. The van der Waals surface area contributed by atoms with Crippen molar-refractivity contribution in [3.63, 3.8) is 0 Å². The van der Waals surface area contributed by atoms with Gasteiger partial charge >= 0.3 is 0 Å². The van der Waals surface area contributed by atoms with E-state index in [2.05, 4.69) is 12.2 Å². The predicted molar refractivity (Wildman–Crippen MR) is 66.1 cm³/mol. The van der Waals surface area contributed by atoms with Gasteiger partial charge in [0, 0.05) is 18.7 Å². The summed E-state index contributed by atoms with van der Waals surface area (Å²) in [5, 5.41) is 14.0. The molecule has 0 radical (unpaired) electrons. The molecule has 0 saturated carbocycles. The quantitative estimate of drug-likeness (QED) is 0.468. The maximum absolute atomic E-state index is 10.5. The Hall–Kier alpha value is -1.29. The zero-order chi connectivity index (χ0) is 12.0. The van der Waals surface area contributed by atoms with Gasteiger partial charge in [-0.1, -0.05) is 31.4 Å². The van der Waals surface area contributed by atoms with Crippen LogP contribution in [0.25, 0.3) is 0 Å². The Morgan fingerprint density at radius 1 is 1.44 bits per heavy atom. The second-order valence-electron chi connectivity index (χ2n) is 3.56. The van der Waals surface area contributed by atoms with Crippen molar-refractivity contribution in [2.75, 3.05) is 11.9 Å². The van der Waals surface area contributed by atoms with Gasteiger partial charge in [0.05, 0.1) is 15.6 Å². The third-order valence-electron chi connectivity index (χ3n) is 2.26. The van der Waals surface area contributed by atoms with Crippen molar-refractivity contribution in [3.8, 4) is 0 Å². The Kier molecular flexibility index (Phi) is 5.05. The highest BCUT2D eigenvalue weighted by Crippen LogP contribution is 2.26. The molecule has 0 saturated heterocycles. The first-order valence-corrected chi connectivity index (χ1v) is 5.70. The van der Waals surface area contributed by atoms with Crippen molar-refractivity contribution in [1.29, 1.82) is 0 Å². The van der Waals surface area contributed by atoms with Crippen molar-refractivity contribution in [3.05, 3.63) is 33.3 Å². The van der Waals surface area contributed by atoms with Crippen LogP contribution in [0.1, 0.15) is 26.2 Å². The third-order valence-corrected chi connectivity index (χ3v) is 2.57. The zero-order valence-corrected chi connectivity index (χ0v) is 9.96. The lowest BCUT2D eigenvalue weighted by Gasteiger charge is -2.07. The van der Waals surface area contributed by atoms with Gasteiger partial charge in [-0.3, -0.25) is 10.1 Å². The number of hydrogen-bond donors (Lipinski definition) is 1. The number of nitro benzene ring substituents is 1. The Morgan fingerprint density at radius 2 is 2.19 bits per heavy atom. The van der Waals surface area contributed by atoms with Gasteiger partial charge in [-0.25, -0.2) is 0 Å². The molecule has 1 N–H and O–H groups in total. The van der Waals surface area contributed by atoms with E-state index in [0.717, 1.165) is 31.5 Å². The summed E-state index contributed by atoms with van der Waals surface area (Å²) in [6.07, 6.45) is 3.40. The normalized spacial score (nSPS) is 10.1. The highest BCUT2D eigenvalue weighted by atomic mass is 35.5. The molecule has 4 nitrogen and oxygen atoms in total. The largest absolute Gasteiger partial charge is 0.384 e. The molecule has 0 unspecified atom stereocenters. The lowest BCUT2D eigenvalue weighted by molar-refractivity contribution is -0.384. The van der Waals surface area contributed by atoms with Crippen molar-refractivity contribution in [1.82, 2.24) is 0 Å². The fraction of sp³-hybridized carbons (Fsp3) is 0.455. The molecular weight excluding hydrogens is 228 g/mol. The van der Waals surface area contributed by atoms with E-state index in [1.54, 1.807) is 6.07 Å². The lowest BCUT2D eigenvalue weighted by atomic mass is 10.2. The average Bonchev–Trinajstić information content (AvgIpc) is 2.26. The Labute approximate surface area is 99.8 Å². The fourth-order valence-electron chi connectivity index (χ4n) is 1.36. The molecule has 0 bridgehead atoms. The van der Waals surface area contributed by atoms with Crippen LogP contribution in [-0.4, -0.2) is 11.5 Å². The number of halogens is 1. The van der Waals surface area contributed by atoms with Crippen molar-refractivity contribution in [2.24, 2.45) is 0 Å². The van der Waals surface area contributed by atoms with Gasteiger partial charge in [-0.2, -0.15) is 0 Å². The number of hydrogen-bond acceptors (Lipinski definition) is 3. The first-order chi connectivity index (χ1) is 7.65. The first kappa shape index (κ1) is 12.8. The van der Waals surface area contributed by atoms with E-state index in [1.165, 1.54) is 12.1 Å². The molecule has 0 fully saturated rings. The maximum atomic E-state index is 10.5. The number of non-ortho nitro benzene ring substituents is 1. The molecule has 0 aliphatic heterocycles. The van der Waals surface area contributed by atoms with Crippen LogP contribution in [0.15, 0.2) is 18.2 Å². The third kappa shape index (κ3) is 3.70. The monoisotopic (exact) mass is 242 g/mol. The molecule has 88 valence electrons. The Balaban J connectivity index is 2.57. The van der Waals surface area contributed by atoms with Gasteiger partial charge in [-0.15, -0.1) is 0 Å². The van der Waals surface area contributed by atoms with Gasteiger partial charge < -0.3 is 5.32 Å². The molecule has 0 aromatic heterocycles. The van der Waals surface area contributed by atoms with Crippen molar-refractivity contribution < 1.29 is 4.92 Å². The number of benzene rings is 1. The van der Waals surface area contributed by atoms with Crippen LogP contribution in [0.5, 0.6) is 0 Å². The average molecular weight is 243 g/mol. The van der Waals surface area contributed by atoms with Gasteiger partial charge in [0.25, 0.3) is 5.69 Å². The minimum atomic E-state index is -0.452. The van der Waals surface area contributed by atoms with Gasteiger partial charge in [0.2, 0.25) is 0 Å². The summed E-state index contributed by atoms with van der Waals surface area (Å²) in [5.41, 5.74) is 0.771. The summed E-state index contributed by atoms with van der Waals surface area (Å²) in [4.78, 5) is 10.0. The summed E-state index contributed by atoms with van der Waals surface area (Å²) in [7, 11) is 0. The second kappa shape index (κ2) is 6.33. The molecule has 0 aliphatic carbocycles. The van der Waals surface area contributed by atoms with Crippen LogP contribution in [0.3, 0.4) is 0 Å². The summed E-state index contributed by atoms with van der Waals surface area (Å²) in [6.45, 7) is 2.98. The Morgan fingerprint density at radius 3 is 2.75 bits per heavy atom. The maximum Gasteiger partial charge on any atom is 0.271 e. The SMILES string of the molecule is CCCCCNc1ccc([N+](=O)[O-])cc1Cl. The highest BCUT2D eigenvalue weighted by Gasteiger charge is 2.08. The fourth-order valence-corrected chi connectivity index (χ4v) is 1.60. The summed E-state index contributed by atoms with van der Waals surface area (Å²) in [5.74, 6) is 0. The van der Waals surface area contributed by atoms with Crippen LogP contribution in [-0.2, 0) is 0 Å². The van der Waals surface area contributed by atoms with Crippen LogP contribution in [0.4, 0.5) is 11.4 Å². The molecule has 0 heterocycles. The van der Waals surface area contributed by atoms with Gasteiger partial charge in [0.15, 0.2) is 0 Å². The van der Waals surface area contributed by atoms with E-state index < -0.39 is 4.92 Å². The van der Waals surface area contributed by atoms with Crippen molar-refractivity contribution in [2.45, 2.75) is 26.2 Å². The summed E-state index contributed by atoms with van der Waals surface area (Å²) < 4.78 is 0. The number of nitro groups is 1. The van der Waals surface area contributed by atoms with Crippen molar-refractivity contribution >= 4 is 23.0 Å². The summed E-state index contributed by atoms with van der Waals surface area (Å²) >= 11 is 5.92. The van der Waals surface area contributed by atoms with E-state index in [0.29, 0.717) is 5.02 Å². The molecule has 1 aromatic rings. The van der Waals surface area contributed by atoms with Crippen LogP contribution >= 0.6 is 11.6 Å². The van der Waals surface area contributed by atoms with E-state index in [9.17, 15) is 10.1 Å². The number of rotatable bonds is 6. The molecule has 0 amide bonds. The van der Waals surface area contributed by atoms with Gasteiger partial charge in [0.1, 0.15) is 0 Å². The predicted octanol–water partition coefficient (Wildman–Crippen LogP) is 3.85. The second-order valence-corrected chi connectivity index (χ2v) is 3.96. The van der Waals surface area contributed by atoms with Gasteiger partial charge in [-0.05, 0) is 12.5 Å². The lowest BCUT2D eigenvalue weighted by Crippen LogP contribution is -2.02. The van der Waals surface area contributed by atoms with Crippen LogP contribution < -0.4 is 5.32 Å². The molecular formula is C11H15ClN2O2. The number of anilines is 1.